The van der Waals surface area contributed by atoms with Crippen molar-refractivity contribution in [2.45, 2.75) is 19.4 Å². The van der Waals surface area contributed by atoms with Gasteiger partial charge in [0, 0.05) is 6.42 Å². The predicted octanol–water partition coefficient (Wildman–Crippen LogP) is 1.30. The van der Waals surface area contributed by atoms with Gasteiger partial charge in [-0.15, -0.1) is 0 Å². The quantitative estimate of drug-likeness (QED) is 0.816. The predicted molar refractivity (Wildman–Crippen MR) is 54.4 cm³/mol. The molecule has 0 aliphatic heterocycles. The van der Waals surface area contributed by atoms with E-state index in [4.69, 9.17) is 5.11 Å². The number of hydrogen-bond donors (Lipinski definition) is 1. The fourth-order valence-corrected chi connectivity index (χ4v) is 1.38. The van der Waals surface area contributed by atoms with Crippen LogP contribution in [0.15, 0.2) is 24.3 Å². The van der Waals surface area contributed by atoms with Gasteiger partial charge in [0.2, 0.25) is 0 Å². The van der Waals surface area contributed by atoms with Crippen LogP contribution in [-0.4, -0.2) is 26.1 Å². The topological polar surface area (TPSA) is 68.0 Å². The highest BCUT2D eigenvalue weighted by molar-refractivity contribution is 5.72. The summed E-state index contributed by atoms with van der Waals surface area (Å²) in [6.45, 7) is 0.543. The number of hydrogen-bond acceptors (Lipinski definition) is 3. The van der Waals surface area contributed by atoms with E-state index in [-0.39, 0.29) is 6.42 Å². The van der Waals surface area contributed by atoms with Crippen molar-refractivity contribution in [3.05, 3.63) is 24.3 Å². The molecule has 0 spiro atoms. The second-order valence-electron chi connectivity index (χ2n) is 3.28. The maximum Gasteiger partial charge on any atom is 0.303 e. The van der Waals surface area contributed by atoms with Crippen LogP contribution < -0.4 is 0 Å². The van der Waals surface area contributed by atoms with Crippen LogP contribution in [0.2, 0.25) is 0 Å². The van der Waals surface area contributed by atoms with E-state index in [9.17, 15) is 4.79 Å². The summed E-state index contributed by atoms with van der Waals surface area (Å²) in [5.74, 6) is -0.785. The third kappa shape index (κ3) is 2.31. The third-order valence-electron chi connectivity index (χ3n) is 2.08. The van der Waals surface area contributed by atoms with Crippen LogP contribution in [0.5, 0.6) is 0 Å². The van der Waals surface area contributed by atoms with Gasteiger partial charge in [0.25, 0.3) is 0 Å². The molecule has 5 heteroatoms. The first-order valence-electron chi connectivity index (χ1n) is 4.77. The Morgan fingerprint density at radius 1 is 1.27 bits per heavy atom. The SMILES string of the molecule is O=C(O)CCCn1nc2ccccc2n1. The molecule has 1 heterocycles. The van der Waals surface area contributed by atoms with Crippen molar-refractivity contribution in [3.8, 4) is 0 Å². The van der Waals surface area contributed by atoms with E-state index in [1.807, 2.05) is 24.3 Å². The zero-order chi connectivity index (χ0) is 10.7. The Bertz CT molecular complexity index is 445. The summed E-state index contributed by atoms with van der Waals surface area (Å²) in [4.78, 5) is 11.9. The Balaban J connectivity index is 2.05. The fraction of sp³-hybridized carbons (Fsp3) is 0.300. The smallest absolute Gasteiger partial charge is 0.303 e. The molecule has 0 radical (unpaired) electrons. The maximum absolute atomic E-state index is 10.3. The Kier molecular flexibility index (Phi) is 2.62. The fourth-order valence-electron chi connectivity index (χ4n) is 1.38. The van der Waals surface area contributed by atoms with E-state index in [1.165, 1.54) is 0 Å². The molecular formula is C10H11N3O2. The van der Waals surface area contributed by atoms with Crippen molar-refractivity contribution in [2.75, 3.05) is 0 Å². The Labute approximate surface area is 86.3 Å². The third-order valence-corrected chi connectivity index (χ3v) is 2.08. The number of fused-ring (bicyclic) bond motifs is 1. The van der Waals surface area contributed by atoms with Gasteiger partial charge in [0.1, 0.15) is 11.0 Å². The van der Waals surface area contributed by atoms with Crippen molar-refractivity contribution in [1.29, 1.82) is 0 Å². The van der Waals surface area contributed by atoms with Crippen LogP contribution in [-0.2, 0) is 11.3 Å². The number of aryl methyl sites for hydroxylation is 1. The summed E-state index contributed by atoms with van der Waals surface area (Å²) in [5.41, 5.74) is 1.68. The Morgan fingerprint density at radius 2 is 1.87 bits per heavy atom. The molecule has 0 aliphatic carbocycles. The lowest BCUT2D eigenvalue weighted by Crippen LogP contribution is -2.04. The average molecular weight is 205 g/mol. The molecule has 0 unspecified atom stereocenters. The lowest BCUT2D eigenvalue weighted by molar-refractivity contribution is -0.137. The Morgan fingerprint density at radius 3 is 2.40 bits per heavy atom. The van der Waals surface area contributed by atoms with Gasteiger partial charge in [-0.3, -0.25) is 4.79 Å². The average Bonchev–Trinajstić information content (AvgIpc) is 2.59. The van der Waals surface area contributed by atoms with Crippen molar-refractivity contribution in [2.24, 2.45) is 0 Å². The summed E-state index contributed by atoms with van der Waals surface area (Å²) in [6.07, 6.45) is 0.703. The highest BCUT2D eigenvalue weighted by Gasteiger charge is 2.02. The summed E-state index contributed by atoms with van der Waals surface area (Å²) in [7, 11) is 0. The molecule has 1 aromatic carbocycles. The first kappa shape index (κ1) is 9.64. The van der Waals surface area contributed by atoms with E-state index in [1.54, 1.807) is 4.80 Å². The minimum absolute atomic E-state index is 0.151. The van der Waals surface area contributed by atoms with Crippen LogP contribution in [0.4, 0.5) is 0 Å². The highest BCUT2D eigenvalue weighted by Crippen LogP contribution is 2.07. The van der Waals surface area contributed by atoms with Crippen LogP contribution in [0, 0.1) is 0 Å². The number of aromatic nitrogens is 3. The number of nitrogens with zero attached hydrogens (tertiary/aromatic N) is 3. The van der Waals surface area contributed by atoms with Crippen molar-refractivity contribution < 1.29 is 9.90 Å². The number of rotatable bonds is 4. The number of aliphatic carboxylic acids is 1. The largest absolute Gasteiger partial charge is 0.481 e. The molecule has 5 nitrogen and oxygen atoms in total. The summed E-state index contributed by atoms with van der Waals surface area (Å²) < 4.78 is 0. The molecule has 0 saturated heterocycles. The molecule has 78 valence electrons. The summed E-state index contributed by atoms with van der Waals surface area (Å²) in [5, 5.41) is 16.9. The summed E-state index contributed by atoms with van der Waals surface area (Å²) in [6, 6.07) is 7.57. The van der Waals surface area contributed by atoms with Crippen molar-refractivity contribution >= 4 is 17.0 Å². The van der Waals surface area contributed by atoms with Crippen LogP contribution in [0.3, 0.4) is 0 Å². The highest BCUT2D eigenvalue weighted by atomic mass is 16.4. The Hall–Kier alpha value is -1.91. The molecule has 0 atom stereocenters. The standard InChI is InChI=1S/C10H11N3O2/c14-10(15)6-3-7-13-11-8-4-1-2-5-9(8)12-13/h1-2,4-5H,3,6-7H2,(H,14,15). The molecule has 1 N–H and O–H groups in total. The maximum atomic E-state index is 10.3. The molecular weight excluding hydrogens is 194 g/mol. The first-order chi connectivity index (χ1) is 7.25. The molecule has 15 heavy (non-hydrogen) atoms. The number of carbonyl (C=O) groups is 1. The lowest BCUT2D eigenvalue weighted by Gasteiger charge is -1.95. The number of benzene rings is 1. The van der Waals surface area contributed by atoms with Crippen molar-refractivity contribution in [3.63, 3.8) is 0 Å². The van der Waals surface area contributed by atoms with E-state index in [0.717, 1.165) is 11.0 Å². The van der Waals surface area contributed by atoms with Gasteiger partial charge in [-0.25, -0.2) is 0 Å². The van der Waals surface area contributed by atoms with Gasteiger partial charge in [0.05, 0.1) is 6.54 Å². The number of carboxylic acids is 1. The van der Waals surface area contributed by atoms with E-state index < -0.39 is 5.97 Å². The van der Waals surface area contributed by atoms with Crippen LogP contribution >= 0.6 is 0 Å². The van der Waals surface area contributed by atoms with E-state index in [0.29, 0.717) is 13.0 Å². The number of carboxylic acid groups (broad SMARTS) is 1. The second kappa shape index (κ2) is 4.08. The molecule has 2 rings (SSSR count). The molecule has 0 bridgehead atoms. The normalized spacial score (nSPS) is 10.7. The van der Waals surface area contributed by atoms with E-state index >= 15 is 0 Å². The zero-order valence-corrected chi connectivity index (χ0v) is 8.13. The molecule has 0 saturated carbocycles. The lowest BCUT2D eigenvalue weighted by atomic mass is 10.3. The second-order valence-corrected chi connectivity index (χ2v) is 3.28. The van der Waals surface area contributed by atoms with Gasteiger partial charge in [-0.1, -0.05) is 12.1 Å². The monoisotopic (exact) mass is 205 g/mol. The molecule has 0 fully saturated rings. The van der Waals surface area contributed by atoms with Gasteiger partial charge >= 0.3 is 5.97 Å². The van der Waals surface area contributed by atoms with Crippen LogP contribution in [0.1, 0.15) is 12.8 Å². The minimum atomic E-state index is -0.785. The molecule has 0 amide bonds. The first-order valence-corrected chi connectivity index (χ1v) is 4.77. The molecule has 0 aliphatic rings. The van der Waals surface area contributed by atoms with E-state index in [2.05, 4.69) is 10.2 Å². The van der Waals surface area contributed by atoms with Gasteiger partial charge in [0.15, 0.2) is 0 Å². The minimum Gasteiger partial charge on any atom is -0.481 e. The zero-order valence-electron chi connectivity index (χ0n) is 8.13. The summed E-state index contributed by atoms with van der Waals surface area (Å²) >= 11 is 0. The van der Waals surface area contributed by atoms with Gasteiger partial charge in [-0.05, 0) is 18.6 Å². The van der Waals surface area contributed by atoms with Crippen molar-refractivity contribution in [1.82, 2.24) is 15.0 Å². The molecule has 1 aromatic heterocycles. The molecule has 2 aromatic rings. The van der Waals surface area contributed by atoms with Gasteiger partial charge < -0.3 is 5.11 Å². The van der Waals surface area contributed by atoms with Gasteiger partial charge in [-0.2, -0.15) is 15.0 Å². The van der Waals surface area contributed by atoms with Crippen LogP contribution in [0.25, 0.3) is 11.0 Å².